The summed E-state index contributed by atoms with van der Waals surface area (Å²) < 4.78 is 7.53. The zero-order valence-corrected chi connectivity index (χ0v) is 11.4. The van der Waals surface area contributed by atoms with Crippen LogP contribution in [0, 0.1) is 0 Å². The molecule has 0 bridgehead atoms. The van der Waals surface area contributed by atoms with Crippen molar-refractivity contribution in [3.63, 3.8) is 0 Å². The van der Waals surface area contributed by atoms with Gasteiger partial charge < -0.3 is 4.74 Å². The first-order chi connectivity index (χ1) is 7.88. The van der Waals surface area contributed by atoms with Gasteiger partial charge in [-0.2, -0.15) is 0 Å². The quantitative estimate of drug-likeness (QED) is 0.599. The number of ether oxygens (including phenoxy) is 1. The van der Waals surface area contributed by atoms with Crippen molar-refractivity contribution in [2.45, 2.75) is 26.4 Å². The predicted octanol–water partition coefficient (Wildman–Crippen LogP) is 2.45. The molecule has 0 atom stereocenters. The Morgan fingerprint density at radius 2 is 2.12 bits per heavy atom. The topological polar surface area (TPSA) is 56.5 Å². The van der Waals surface area contributed by atoms with E-state index < -0.39 is 11.6 Å². The van der Waals surface area contributed by atoms with Crippen LogP contribution < -0.4 is 0 Å². The standard InChI is InChI=1S/C11H12BrN3O2/c1-11(2,3)17-10(16)9-7-5-4-6-8(12)15(7)14-13-9/h4-6H,1-3H3. The Morgan fingerprint density at radius 3 is 2.76 bits per heavy atom. The van der Waals surface area contributed by atoms with Gasteiger partial charge in [-0.3, -0.25) is 0 Å². The number of hydrogen-bond donors (Lipinski definition) is 0. The zero-order valence-electron chi connectivity index (χ0n) is 9.77. The highest BCUT2D eigenvalue weighted by Crippen LogP contribution is 2.17. The van der Waals surface area contributed by atoms with E-state index in [0.29, 0.717) is 5.52 Å². The SMILES string of the molecule is CC(C)(C)OC(=O)c1nnn2c(Br)cccc12. The van der Waals surface area contributed by atoms with Crippen molar-refractivity contribution in [3.8, 4) is 0 Å². The first-order valence-corrected chi connectivity index (χ1v) is 5.91. The van der Waals surface area contributed by atoms with E-state index >= 15 is 0 Å². The van der Waals surface area contributed by atoms with Gasteiger partial charge in [0.2, 0.25) is 0 Å². The number of aromatic nitrogens is 3. The van der Waals surface area contributed by atoms with Crippen LogP contribution in [0.25, 0.3) is 5.52 Å². The van der Waals surface area contributed by atoms with Crippen molar-refractivity contribution in [2.24, 2.45) is 0 Å². The lowest BCUT2D eigenvalue weighted by atomic mass is 10.2. The molecular weight excluding hydrogens is 286 g/mol. The van der Waals surface area contributed by atoms with Crippen LogP contribution in [0.1, 0.15) is 31.3 Å². The molecule has 2 aromatic rings. The van der Waals surface area contributed by atoms with E-state index in [-0.39, 0.29) is 5.69 Å². The highest BCUT2D eigenvalue weighted by Gasteiger charge is 2.22. The normalized spacial score (nSPS) is 11.8. The van der Waals surface area contributed by atoms with Crippen molar-refractivity contribution in [1.29, 1.82) is 0 Å². The maximum Gasteiger partial charge on any atom is 0.361 e. The molecule has 0 aliphatic heterocycles. The van der Waals surface area contributed by atoms with Crippen molar-refractivity contribution >= 4 is 27.4 Å². The number of esters is 1. The van der Waals surface area contributed by atoms with E-state index in [1.807, 2.05) is 32.9 Å². The van der Waals surface area contributed by atoms with Crippen LogP contribution in [-0.4, -0.2) is 26.4 Å². The maximum absolute atomic E-state index is 11.9. The molecule has 0 radical (unpaired) electrons. The molecule has 90 valence electrons. The third kappa shape index (κ3) is 2.46. The van der Waals surface area contributed by atoms with Gasteiger partial charge in [0, 0.05) is 0 Å². The summed E-state index contributed by atoms with van der Waals surface area (Å²) in [7, 11) is 0. The summed E-state index contributed by atoms with van der Waals surface area (Å²) in [6.45, 7) is 5.44. The first kappa shape index (κ1) is 12.0. The Kier molecular flexibility index (Phi) is 2.91. The van der Waals surface area contributed by atoms with E-state index in [0.717, 1.165) is 4.60 Å². The number of hydrogen-bond acceptors (Lipinski definition) is 4. The van der Waals surface area contributed by atoms with Crippen LogP contribution in [0.4, 0.5) is 0 Å². The molecule has 2 aromatic heterocycles. The molecule has 0 amide bonds. The van der Waals surface area contributed by atoms with Gasteiger partial charge in [-0.25, -0.2) is 9.31 Å². The zero-order chi connectivity index (χ0) is 12.6. The van der Waals surface area contributed by atoms with Crippen molar-refractivity contribution in [1.82, 2.24) is 14.8 Å². The monoisotopic (exact) mass is 297 g/mol. The number of rotatable bonds is 1. The minimum absolute atomic E-state index is 0.223. The van der Waals surface area contributed by atoms with Crippen LogP contribution in [0.3, 0.4) is 0 Å². The molecular formula is C11H12BrN3O2. The fourth-order valence-corrected chi connectivity index (χ4v) is 1.77. The van der Waals surface area contributed by atoms with E-state index in [2.05, 4.69) is 26.2 Å². The number of halogens is 1. The van der Waals surface area contributed by atoms with Gasteiger partial charge in [-0.15, -0.1) is 5.10 Å². The second-order valence-electron chi connectivity index (χ2n) is 4.59. The minimum Gasteiger partial charge on any atom is -0.455 e. The third-order valence-electron chi connectivity index (χ3n) is 1.99. The Morgan fingerprint density at radius 1 is 1.41 bits per heavy atom. The molecule has 0 saturated heterocycles. The lowest BCUT2D eigenvalue weighted by Crippen LogP contribution is -2.24. The molecule has 0 spiro atoms. The molecule has 0 aromatic carbocycles. The van der Waals surface area contributed by atoms with Crippen LogP contribution in [0.2, 0.25) is 0 Å². The summed E-state index contributed by atoms with van der Waals surface area (Å²) in [5.41, 5.74) is 0.300. The van der Waals surface area contributed by atoms with E-state index in [9.17, 15) is 4.79 Å². The van der Waals surface area contributed by atoms with Crippen LogP contribution in [-0.2, 0) is 4.74 Å². The van der Waals surface area contributed by atoms with Gasteiger partial charge in [0.05, 0.1) is 0 Å². The van der Waals surface area contributed by atoms with E-state index in [4.69, 9.17) is 4.74 Å². The molecule has 0 N–H and O–H groups in total. The number of pyridine rings is 1. The smallest absolute Gasteiger partial charge is 0.361 e. The van der Waals surface area contributed by atoms with Gasteiger partial charge in [-0.1, -0.05) is 11.3 Å². The highest BCUT2D eigenvalue weighted by atomic mass is 79.9. The summed E-state index contributed by atoms with van der Waals surface area (Å²) in [5, 5.41) is 7.74. The van der Waals surface area contributed by atoms with Crippen LogP contribution >= 0.6 is 15.9 Å². The minimum atomic E-state index is -0.543. The summed E-state index contributed by atoms with van der Waals surface area (Å²) in [6.07, 6.45) is 0. The van der Waals surface area contributed by atoms with Crippen molar-refractivity contribution in [2.75, 3.05) is 0 Å². The average molecular weight is 298 g/mol. The molecule has 2 heterocycles. The second-order valence-corrected chi connectivity index (χ2v) is 5.40. The fraction of sp³-hybridized carbons (Fsp3) is 0.364. The third-order valence-corrected chi connectivity index (χ3v) is 2.59. The largest absolute Gasteiger partial charge is 0.455 e. The predicted molar refractivity (Wildman–Crippen MR) is 65.9 cm³/mol. The lowest BCUT2D eigenvalue weighted by Gasteiger charge is -2.18. The molecule has 17 heavy (non-hydrogen) atoms. The number of carbonyl (C=O) groups is 1. The maximum atomic E-state index is 11.9. The van der Waals surface area contributed by atoms with Gasteiger partial charge in [0.1, 0.15) is 15.7 Å². The summed E-state index contributed by atoms with van der Waals surface area (Å²) in [5.74, 6) is -0.467. The van der Waals surface area contributed by atoms with Crippen molar-refractivity contribution < 1.29 is 9.53 Å². The van der Waals surface area contributed by atoms with E-state index in [1.165, 1.54) is 0 Å². The Bertz CT molecular complexity index is 572. The molecule has 0 unspecified atom stereocenters. The molecule has 0 aliphatic rings. The molecule has 6 heteroatoms. The number of carbonyl (C=O) groups excluding carboxylic acids is 1. The Balaban J connectivity index is 2.43. The van der Waals surface area contributed by atoms with Gasteiger partial charge in [0.25, 0.3) is 0 Å². The molecule has 0 aliphatic carbocycles. The summed E-state index contributed by atoms with van der Waals surface area (Å²) in [4.78, 5) is 11.9. The average Bonchev–Trinajstić information content (AvgIpc) is 2.60. The van der Waals surface area contributed by atoms with Crippen LogP contribution in [0.15, 0.2) is 22.8 Å². The van der Waals surface area contributed by atoms with Crippen molar-refractivity contribution in [3.05, 3.63) is 28.5 Å². The Hall–Kier alpha value is -1.43. The van der Waals surface area contributed by atoms with Crippen LogP contribution in [0.5, 0.6) is 0 Å². The Labute approximate surface area is 107 Å². The lowest BCUT2D eigenvalue weighted by molar-refractivity contribution is 0.00651. The molecule has 5 nitrogen and oxygen atoms in total. The molecule has 0 saturated carbocycles. The number of nitrogens with zero attached hydrogens (tertiary/aromatic N) is 3. The highest BCUT2D eigenvalue weighted by molar-refractivity contribution is 9.10. The molecule has 0 fully saturated rings. The van der Waals surface area contributed by atoms with Gasteiger partial charge in [-0.05, 0) is 48.8 Å². The summed E-state index contributed by atoms with van der Waals surface area (Å²) >= 11 is 3.33. The van der Waals surface area contributed by atoms with Gasteiger partial charge in [0.15, 0.2) is 5.69 Å². The number of fused-ring (bicyclic) bond motifs is 1. The molecule has 2 rings (SSSR count). The second kappa shape index (κ2) is 4.10. The van der Waals surface area contributed by atoms with Gasteiger partial charge >= 0.3 is 5.97 Å². The summed E-state index contributed by atoms with van der Waals surface area (Å²) in [6, 6.07) is 5.40. The van der Waals surface area contributed by atoms with E-state index in [1.54, 1.807) is 10.6 Å². The fourth-order valence-electron chi connectivity index (χ4n) is 1.36. The first-order valence-electron chi connectivity index (χ1n) is 5.12.